The molecule has 0 radical (unpaired) electrons. The fourth-order valence-corrected chi connectivity index (χ4v) is 2.04. The minimum absolute atomic E-state index is 0.559. The fourth-order valence-electron chi connectivity index (χ4n) is 0.786. The maximum Gasteiger partial charge on any atom is 0.107 e. The second-order valence-electron chi connectivity index (χ2n) is 2.05. The zero-order valence-corrected chi connectivity index (χ0v) is 5.70. The smallest absolute Gasteiger partial charge is 0.107 e. The SMILES string of the molecule is CN1CCCS1(=N)=O. The number of nitrogens with zero attached hydrogens (tertiary/aromatic N) is 1. The molecule has 0 aromatic carbocycles. The molecular weight excluding hydrogens is 124 g/mol. The molecule has 1 heterocycles. The molecule has 1 fully saturated rings. The quantitative estimate of drug-likeness (QED) is 0.508. The number of hydrogen-bond donors (Lipinski definition) is 1. The minimum Gasteiger partial charge on any atom is -0.240 e. The van der Waals surface area contributed by atoms with Gasteiger partial charge in [-0.25, -0.2) is 13.3 Å². The molecule has 1 rings (SSSR count). The van der Waals surface area contributed by atoms with E-state index in [4.69, 9.17) is 4.78 Å². The molecule has 0 bridgehead atoms. The van der Waals surface area contributed by atoms with Gasteiger partial charge in [-0.05, 0) is 6.42 Å². The molecule has 3 nitrogen and oxygen atoms in total. The van der Waals surface area contributed by atoms with E-state index >= 15 is 0 Å². The lowest BCUT2D eigenvalue weighted by Crippen LogP contribution is -2.18. The Hall–Kier alpha value is -0.0900. The summed E-state index contributed by atoms with van der Waals surface area (Å²) in [5.41, 5.74) is 0. The highest BCUT2D eigenvalue weighted by Gasteiger charge is 2.19. The van der Waals surface area contributed by atoms with Crippen LogP contribution >= 0.6 is 0 Å². The van der Waals surface area contributed by atoms with Gasteiger partial charge in [0.05, 0.1) is 0 Å². The van der Waals surface area contributed by atoms with E-state index in [1.54, 1.807) is 11.4 Å². The van der Waals surface area contributed by atoms with Crippen molar-refractivity contribution in [2.75, 3.05) is 19.3 Å². The first kappa shape index (κ1) is 6.04. The summed E-state index contributed by atoms with van der Waals surface area (Å²) in [6.07, 6.45) is 0.916. The van der Waals surface area contributed by atoms with E-state index in [2.05, 4.69) is 0 Å². The maximum atomic E-state index is 10.9. The Morgan fingerprint density at radius 3 is 2.50 bits per heavy atom. The Morgan fingerprint density at radius 1 is 1.75 bits per heavy atom. The Morgan fingerprint density at radius 2 is 2.38 bits per heavy atom. The van der Waals surface area contributed by atoms with Gasteiger partial charge in [0.15, 0.2) is 0 Å². The summed E-state index contributed by atoms with van der Waals surface area (Å²) in [5, 5.41) is 0. The number of rotatable bonds is 0. The molecule has 1 aliphatic rings. The minimum atomic E-state index is -2.29. The van der Waals surface area contributed by atoms with Gasteiger partial charge in [-0.1, -0.05) is 0 Å². The van der Waals surface area contributed by atoms with Crippen LogP contribution in [-0.2, 0) is 9.92 Å². The molecule has 0 aromatic rings. The van der Waals surface area contributed by atoms with Crippen LogP contribution in [0.3, 0.4) is 0 Å². The largest absolute Gasteiger partial charge is 0.240 e. The number of nitrogens with one attached hydrogen (secondary N) is 1. The van der Waals surface area contributed by atoms with Crippen LogP contribution in [0.4, 0.5) is 0 Å². The van der Waals surface area contributed by atoms with E-state index in [9.17, 15) is 4.21 Å². The standard InChI is InChI=1S/C4H10N2OS/c1-6-3-2-4-8(6,5)7/h5H,2-4H2,1H3. The van der Waals surface area contributed by atoms with E-state index in [0.717, 1.165) is 13.0 Å². The third-order valence-electron chi connectivity index (χ3n) is 1.40. The third kappa shape index (κ3) is 0.855. The van der Waals surface area contributed by atoms with Crippen LogP contribution in [0.25, 0.3) is 0 Å². The van der Waals surface area contributed by atoms with Gasteiger partial charge in [0.2, 0.25) is 0 Å². The van der Waals surface area contributed by atoms with E-state index in [1.165, 1.54) is 0 Å². The highest BCUT2D eigenvalue weighted by atomic mass is 32.2. The van der Waals surface area contributed by atoms with Crippen molar-refractivity contribution in [3.63, 3.8) is 0 Å². The van der Waals surface area contributed by atoms with Crippen molar-refractivity contribution in [2.24, 2.45) is 0 Å². The lowest BCUT2D eigenvalue weighted by molar-refractivity contribution is 0.552. The third-order valence-corrected chi connectivity index (χ3v) is 3.43. The first-order valence-electron chi connectivity index (χ1n) is 2.61. The summed E-state index contributed by atoms with van der Waals surface area (Å²) in [4.78, 5) is 0. The summed E-state index contributed by atoms with van der Waals surface area (Å²) in [7, 11) is -0.553. The lowest BCUT2D eigenvalue weighted by atomic mass is 10.5. The zero-order chi connectivity index (χ0) is 6.20. The average molecular weight is 134 g/mol. The Kier molecular flexibility index (Phi) is 1.28. The average Bonchev–Trinajstić information content (AvgIpc) is 1.86. The van der Waals surface area contributed by atoms with Gasteiger partial charge in [0.1, 0.15) is 9.92 Å². The predicted octanol–water partition coefficient (Wildman–Crippen LogP) is 0.284. The first-order valence-corrected chi connectivity index (χ1v) is 4.29. The molecule has 0 spiro atoms. The van der Waals surface area contributed by atoms with Gasteiger partial charge in [-0.2, -0.15) is 0 Å². The van der Waals surface area contributed by atoms with Crippen molar-refractivity contribution in [2.45, 2.75) is 6.42 Å². The van der Waals surface area contributed by atoms with E-state index in [-0.39, 0.29) is 0 Å². The van der Waals surface area contributed by atoms with E-state index in [1.807, 2.05) is 0 Å². The first-order chi connectivity index (χ1) is 3.63. The zero-order valence-electron chi connectivity index (χ0n) is 4.89. The summed E-state index contributed by atoms with van der Waals surface area (Å²) < 4.78 is 19.7. The molecule has 1 aliphatic heterocycles. The molecule has 1 atom stereocenters. The molecule has 4 heteroatoms. The Balaban J connectivity index is 2.85. The second-order valence-corrected chi connectivity index (χ2v) is 4.36. The van der Waals surface area contributed by atoms with Gasteiger partial charge in [-0.15, -0.1) is 0 Å². The van der Waals surface area contributed by atoms with Crippen molar-refractivity contribution in [1.82, 2.24) is 4.31 Å². The topological polar surface area (TPSA) is 44.2 Å². The van der Waals surface area contributed by atoms with Crippen molar-refractivity contribution in [1.29, 1.82) is 4.78 Å². The summed E-state index contributed by atoms with van der Waals surface area (Å²) in [6, 6.07) is 0. The molecule has 48 valence electrons. The molecular formula is C4H10N2OS. The van der Waals surface area contributed by atoms with Gasteiger partial charge in [0.25, 0.3) is 0 Å². The van der Waals surface area contributed by atoms with Gasteiger partial charge < -0.3 is 0 Å². The van der Waals surface area contributed by atoms with Crippen LogP contribution in [0.5, 0.6) is 0 Å². The Labute approximate surface area is 49.8 Å². The summed E-state index contributed by atoms with van der Waals surface area (Å²) in [5.74, 6) is 0.559. The summed E-state index contributed by atoms with van der Waals surface area (Å²) in [6.45, 7) is 0.822. The van der Waals surface area contributed by atoms with Crippen LogP contribution < -0.4 is 0 Å². The molecule has 8 heavy (non-hydrogen) atoms. The molecule has 0 amide bonds. The maximum absolute atomic E-state index is 10.9. The van der Waals surface area contributed by atoms with E-state index < -0.39 is 9.92 Å². The molecule has 1 saturated heterocycles. The van der Waals surface area contributed by atoms with Crippen LogP contribution in [0.15, 0.2) is 0 Å². The van der Waals surface area contributed by atoms with Gasteiger partial charge in [0, 0.05) is 19.3 Å². The van der Waals surface area contributed by atoms with Crippen LogP contribution in [0, 0.1) is 4.78 Å². The van der Waals surface area contributed by atoms with Crippen molar-refractivity contribution in [3.05, 3.63) is 0 Å². The van der Waals surface area contributed by atoms with Crippen molar-refractivity contribution in [3.8, 4) is 0 Å². The highest BCUT2D eigenvalue weighted by molar-refractivity contribution is 7.90. The number of hydrogen-bond acceptors (Lipinski definition) is 2. The van der Waals surface area contributed by atoms with E-state index in [0.29, 0.717) is 5.75 Å². The second kappa shape index (κ2) is 1.70. The van der Waals surface area contributed by atoms with Crippen molar-refractivity contribution < 1.29 is 4.21 Å². The molecule has 1 unspecified atom stereocenters. The van der Waals surface area contributed by atoms with Gasteiger partial charge >= 0.3 is 0 Å². The Bertz CT molecular complexity index is 172. The van der Waals surface area contributed by atoms with Crippen molar-refractivity contribution >= 4 is 9.92 Å². The molecule has 0 saturated carbocycles. The highest BCUT2D eigenvalue weighted by Crippen LogP contribution is 2.09. The monoisotopic (exact) mass is 134 g/mol. The fraction of sp³-hybridized carbons (Fsp3) is 1.00. The van der Waals surface area contributed by atoms with Crippen LogP contribution in [0.2, 0.25) is 0 Å². The lowest BCUT2D eigenvalue weighted by Gasteiger charge is -2.06. The summed E-state index contributed by atoms with van der Waals surface area (Å²) >= 11 is 0. The molecule has 0 aliphatic carbocycles. The van der Waals surface area contributed by atoms with Crippen LogP contribution in [-0.4, -0.2) is 27.9 Å². The predicted molar refractivity (Wildman–Crippen MR) is 33.0 cm³/mol. The molecule has 0 aromatic heterocycles. The molecule has 1 N–H and O–H groups in total. The van der Waals surface area contributed by atoms with Gasteiger partial charge in [-0.3, -0.25) is 0 Å². The normalized spacial score (nSPS) is 40.6. The van der Waals surface area contributed by atoms with Crippen LogP contribution in [0.1, 0.15) is 6.42 Å².